The summed E-state index contributed by atoms with van der Waals surface area (Å²) >= 11 is 1.13. The minimum atomic E-state index is -0.956. The molecule has 0 radical (unpaired) electrons. The molecule has 0 spiro atoms. The third kappa shape index (κ3) is 3.91. The molecular weight excluding hydrogens is 254 g/mol. The van der Waals surface area contributed by atoms with Crippen LogP contribution in [0.25, 0.3) is 0 Å². The molecule has 18 heavy (non-hydrogen) atoms. The predicted molar refractivity (Wildman–Crippen MR) is 69.1 cm³/mol. The standard InChI is InChI=1S/C7H6O2.C5H5NO2S/c8-7(9)6-4-2-1-3-5-6;6-3-1-2-9-4(3)5(7)8/h1-5H,(H,8,9);1-2H,6H2,(H,7,8). The SMILES string of the molecule is Nc1ccsc1C(=O)O.O=C(O)c1ccccc1. The number of benzene rings is 1. The number of carbonyl (C=O) groups is 2. The van der Waals surface area contributed by atoms with Crippen LogP contribution in [-0.4, -0.2) is 22.2 Å². The Kier molecular flexibility index (Phi) is 4.89. The highest BCUT2D eigenvalue weighted by Gasteiger charge is 2.06. The number of aromatic carboxylic acids is 2. The van der Waals surface area contributed by atoms with Gasteiger partial charge in [-0.05, 0) is 23.6 Å². The van der Waals surface area contributed by atoms with Crippen LogP contribution in [0.1, 0.15) is 20.0 Å². The molecule has 6 heteroatoms. The van der Waals surface area contributed by atoms with E-state index in [1.165, 1.54) is 0 Å². The highest BCUT2D eigenvalue weighted by Crippen LogP contribution is 2.17. The Morgan fingerprint density at radius 3 is 1.89 bits per heavy atom. The van der Waals surface area contributed by atoms with Gasteiger partial charge in [-0.15, -0.1) is 11.3 Å². The Hall–Kier alpha value is -2.34. The van der Waals surface area contributed by atoms with Gasteiger partial charge in [0.15, 0.2) is 0 Å². The number of thiophene rings is 1. The second kappa shape index (κ2) is 6.41. The zero-order valence-corrected chi connectivity index (χ0v) is 10.1. The maximum atomic E-state index is 10.2. The van der Waals surface area contributed by atoms with Crippen molar-refractivity contribution in [3.05, 3.63) is 52.2 Å². The van der Waals surface area contributed by atoms with Crippen molar-refractivity contribution < 1.29 is 19.8 Å². The molecule has 1 heterocycles. The normalized spacial score (nSPS) is 9.11. The molecule has 0 amide bonds. The van der Waals surface area contributed by atoms with E-state index in [0.717, 1.165) is 11.3 Å². The van der Waals surface area contributed by atoms with Crippen LogP contribution in [-0.2, 0) is 0 Å². The van der Waals surface area contributed by atoms with Crippen molar-refractivity contribution in [3.63, 3.8) is 0 Å². The number of hydrogen-bond donors (Lipinski definition) is 3. The van der Waals surface area contributed by atoms with Crippen LogP contribution in [0, 0.1) is 0 Å². The first-order valence-electron chi connectivity index (χ1n) is 4.87. The van der Waals surface area contributed by atoms with Crippen molar-refractivity contribution in [2.75, 3.05) is 5.73 Å². The van der Waals surface area contributed by atoms with Crippen molar-refractivity contribution in [3.8, 4) is 0 Å². The van der Waals surface area contributed by atoms with Crippen LogP contribution in [0.15, 0.2) is 41.8 Å². The summed E-state index contributed by atoms with van der Waals surface area (Å²) in [5, 5.41) is 18.4. The molecule has 1 aromatic carbocycles. The second-order valence-electron chi connectivity index (χ2n) is 3.18. The van der Waals surface area contributed by atoms with Gasteiger partial charge >= 0.3 is 11.9 Å². The van der Waals surface area contributed by atoms with Gasteiger partial charge in [-0.3, -0.25) is 0 Å². The van der Waals surface area contributed by atoms with Crippen LogP contribution in [0.4, 0.5) is 5.69 Å². The molecule has 0 saturated carbocycles. The minimum absolute atomic E-state index is 0.218. The van der Waals surface area contributed by atoms with Crippen LogP contribution < -0.4 is 5.73 Å². The minimum Gasteiger partial charge on any atom is -0.478 e. The number of carboxylic acid groups (broad SMARTS) is 2. The highest BCUT2D eigenvalue weighted by atomic mass is 32.1. The molecule has 2 aromatic rings. The molecule has 1 aromatic heterocycles. The van der Waals surface area contributed by atoms with E-state index in [4.69, 9.17) is 15.9 Å². The number of anilines is 1. The summed E-state index contributed by atoms with van der Waals surface area (Å²) in [5.74, 6) is -1.84. The monoisotopic (exact) mass is 265 g/mol. The maximum absolute atomic E-state index is 10.2. The van der Waals surface area contributed by atoms with Gasteiger partial charge in [0.1, 0.15) is 4.88 Å². The molecule has 0 aliphatic carbocycles. The highest BCUT2D eigenvalue weighted by molar-refractivity contribution is 7.12. The second-order valence-corrected chi connectivity index (χ2v) is 4.10. The van der Waals surface area contributed by atoms with Crippen LogP contribution in [0.3, 0.4) is 0 Å². The molecule has 0 fully saturated rings. The lowest BCUT2D eigenvalue weighted by atomic mass is 10.2. The third-order valence-corrected chi connectivity index (χ3v) is 2.83. The molecule has 0 bridgehead atoms. The average molecular weight is 265 g/mol. The Morgan fingerprint density at radius 2 is 1.61 bits per heavy atom. The van der Waals surface area contributed by atoms with Gasteiger partial charge in [-0.2, -0.15) is 0 Å². The first-order valence-corrected chi connectivity index (χ1v) is 5.75. The lowest BCUT2D eigenvalue weighted by molar-refractivity contribution is 0.0688. The van der Waals surface area contributed by atoms with E-state index >= 15 is 0 Å². The fraction of sp³-hybridized carbons (Fsp3) is 0. The molecule has 0 saturated heterocycles. The van der Waals surface area contributed by atoms with Crippen molar-refractivity contribution in [2.24, 2.45) is 0 Å². The van der Waals surface area contributed by atoms with E-state index in [9.17, 15) is 9.59 Å². The van der Waals surface area contributed by atoms with Crippen molar-refractivity contribution >= 4 is 29.0 Å². The van der Waals surface area contributed by atoms with Crippen LogP contribution in [0.5, 0.6) is 0 Å². The molecule has 4 N–H and O–H groups in total. The van der Waals surface area contributed by atoms with E-state index in [1.54, 1.807) is 41.8 Å². The molecule has 94 valence electrons. The van der Waals surface area contributed by atoms with E-state index < -0.39 is 11.9 Å². The number of hydrogen-bond acceptors (Lipinski definition) is 4. The van der Waals surface area contributed by atoms with Crippen LogP contribution >= 0.6 is 11.3 Å². The zero-order valence-electron chi connectivity index (χ0n) is 9.24. The quantitative estimate of drug-likeness (QED) is 0.774. The summed E-state index contributed by atoms with van der Waals surface area (Å²) in [6.07, 6.45) is 0. The largest absolute Gasteiger partial charge is 0.478 e. The van der Waals surface area contributed by atoms with Gasteiger partial charge in [0.05, 0.1) is 11.3 Å². The summed E-state index contributed by atoms with van der Waals surface area (Å²) in [6, 6.07) is 9.87. The summed E-state index contributed by atoms with van der Waals surface area (Å²) in [7, 11) is 0. The van der Waals surface area contributed by atoms with E-state index in [-0.39, 0.29) is 4.88 Å². The van der Waals surface area contributed by atoms with Crippen molar-refractivity contribution in [2.45, 2.75) is 0 Å². The Morgan fingerprint density at radius 1 is 1.00 bits per heavy atom. The molecule has 0 aliphatic rings. The van der Waals surface area contributed by atoms with Gasteiger partial charge in [0.2, 0.25) is 0 Å². The summed E-state index contributed by atoms with van der Waals surface area (Å²) in [6.45, 7) is 0. The van der Waals surface area contributed by atoms with E-state index in [0.29, 0.717) is 11.3 Å². The molecule has 2 rings (SSSR count). The van der Waals surface area contributed by atoms with Crippen molar-refractivity contribution in [1.29, 1.82) is 0 Å². The van der Waals surface area contributed by atoms with Gasteiger partial charge in [0, 0.05) is 0 Å². The Bertz CT molecular complexity index is 536. The average Bonchev–Trinajstić information content (AvgIpc) is 2.77. The fourth-order valence-corrected chi connectivity index (χ4v) is 1.73. The lowest BCUT2D eigenvalue weighted by Crippen LogP contribution is -1.96. The first kappa shape index (κ1) is 13.7. The predicted octanol–water partition coefficient (Wildman–Crippen LogP) is 2.41. The Balaban J connectivity index is 0.000000180. The van der Waals surface area contributed by atoms with E-state index in [2.05, 4.69) is 0 Å². The van der Waals surface area contributed by atoms with Crippen LogP contribution in [0.2, 0.25) is 0 Å². The Labute approximate surface area is 107 Å². The fourth-order valence-electron chi connectivity index (χ4n) is 1.07. The summed E-state index contributed by atoms with van der Waals surface area (Å²) in [5.41, 5.74) is 5.94. The maximum Gasteiger partial charge on any atom is 0.348 e. The van der Waals surface area contributed by atoms with Gasteiger partial charge in [0.25, 0.3) is 0 Å². The van der Waals surface area contributed by atoms with Gasteiger partial charge < -0.3 is 15.9 Å². The number of rotatable bonds is 2. The molecule has 0 atom stereocenters. The van der Waals surface area contributed by atoms with E-state index in [1.807, 2.05) is 0 Å². The lowest BCUT2D eigenvalue weighted by Gasteiger charge is -1.88. The summed E-state index contributed by atoms with van der Waals surface area (Å²) < 4.78 is 0. The number of nitrogen functional groups attached to an aromatic ring is 1. The molecular formula is C12H11NO4S. The first-order chi connectivity index (χ1) is 8.52. The number of carboxylic acids is 2. The topological polar surface area (TPSA) is 101 Å². The van der Waals surface area contributed by atoms with Gasteiger partial charge in [-0.25, -0.2) is 9.59 Å². The molecule has 0 unspecified atom stereocenters. The van der Waals surface area contributed by atoms with Gasteiger partial charge in [-0.1, -0.05) is 18.2 Å². The number of nitrogens with two attached hydrogens (primary N) is 1. The zero-order chi connectivity index (χ0) is 13.5. The molecule has 5 nitrogen and oxygen atoms in total. The third-order valence-electron chi connectivity index (χ3n) is 1.91. The summed E-state index contributed by atoms with van der Waals surface area (Å²) in [4.78, 5) is 20.6. The van der Waals surface area contributed by atoms with Crippen molar-refractivity contribution in [1.82, 2.24) is 0 Å². The molecule has 0 aliphatic heterocycles. The smallest absolute Gasteiger partial charge is 0.348 e.